The van der Waals surface area contributed by atoms with E-state index in [1.165, 1.54) is 17.4 Å². The molecule has 2 heterocycles. The van der Waals surface area contributed by atoms with Gasteiger partial charge >= 0.3 is 0 Å². The molecule has 0 bridgehead atoms. The van der Waals surface area contributed by atoms with Crippen LogP contribution in [0, 0.1) is 0 Å². The van der Waals surface area contributed by atoms with E-state index in [-0.39, 0.29) is 0 Å². The second kappa shape index (κ2) is 8.94. The fourth-order valence-corrected chi connectivity index (χ4v) is 3.30. The summed E-state index contributed by atoms with van der Waals surface area (Å²) in [6, 6.07) is 10.7. The van der Waals surface area contributed by atoms with Crippen molar-refractivity contribution in [3.8, 4) is 0 Å². The molecule has 1 aliphatic rings. The average Bonchev–Trinajstić information content (AvgIpc) is 3.28. The number of rotatable bonds is 8. The molecule has 4 nitrogen and oxygen atoms in total. The first-order valence-electron chi connectivity index (χ1n) is 10.3. The van der Waals surface area contributed by atoms with Crippen LogP contribution in [-0.2, 0) is 0 Å². The molecular weight excluding hydrogens is 332 g/mol. The standard InChI is InChI=1S/C23H32N4/c1-5-8-13-22-25-23(27(26-22)14-6-2)19(15-17(4)7-3)21-16-18-11-9-10-12-20(18)24-21/h9-12,15-16,24H,5-8,13-14H2,1-4H3,(H,25,26)/b17-15+,23-19+. The number of allylic oxidation sites excluding steroid dienone is 3. The van der Waals surface area contributed by atoms with Crippen LogP contribution in [0.3, 0.4) is 0 Å². The molecule has 0 spiro atoms. The van der Waals surface area contributed by atoms with Gasteiger partial charge in [-0.05, 0) is 38.3 Å². The maximum Gasteiger partial charge on any atom is 0.158 e. The van der Waals surface area contributed by atoms with E-state index in [2.05, 4.69) is 79.5 Å². The minimum atomic E-state index is 0.942. The number of nitrogens with one attached hydrogen (secondary N) is 2. The Balaban J connectivity index is 2.12. The lowest BCUT2D eigenvalue weighted by atomic mass is 10.1. The van der Waals surface area contributed by atoms with E-state index in [9.17, 15) is 0 Å². The number of unbranched alkanes of at least 4 members (excludes halogenated alkanes) is 1. The lowest BCUT2D eigenvalue weighted by molar-refractivity contribution is 0.320. The van der Waals surface area contributed by atoms with Crippen LogP contribution in [0.1, 0.15) is 65.5 Å². The highest BCUT2D eigenvalue weighted by Gasteiger charge is 2.23. The van der Waals surface area contributed by atoms with Crippen LogP contribution in [0.4, 0.5) is 0 Å². The molecule has 0 saturated heterocycles. The lowest BCUT2D eigenvalue weighted by Crippen LogP contribution is -2.36. The Hall–Kier alpha value is -2.49. The van der Waals surface area contributed by atoms with E-state index in [1.54, 1.807) is 0 Å². The van der Waals surface area contributed by atoms with Crippen molar-refractivity contribution in [1.82, 2.24) is 15.4 Å². The van der Waals surface area contributed by atoms with Gasteiger partial charge in [0.2, 0.25) is 0 Å². The topological polar surface area (TPSA) is 43.4 Å². The molecule has 0 aliphatic carbocycles. The van der Waals surface area contributed by atoms with E-state index >= 15 is 0 Å². The third kappa shape index (κ3) is 4.44. The predicted molar refractivity (Wildman–Crippen MR) is 116 cm³/mol. The summed E-state index contributed by atoms with van der Waals surface area (Å²) in [5.41, 5.74) is 8.34. The largest absolute Gasteiger partial charge is 0.354 e. The minimum Gasteiger partial charge on any atom is -0.354 e. The molecule has 27 heavy (non-hydrogen) atoms. The van der Waals surface area contributed by atoms with Crippen LogP contribution < -0.4 is 5.43 Å². The Morgan fingerprint density at radius 2 is 1.96 bits per heavy atom. The van der Waals surface area contributed by atoms with Gasteiger partial charge in [0.15, 0.2) is 5.82 Å². The number of aromatic nitrogens is 1. The van der Waals surface area contributed by atoms with Crippen LogP contribution in [-0.4, -0.2) is 22.4 Å². The van der Waals surface area contributed by atoms with Crippen molar-refractivity contribution >= 4 is 22.3 Å². The molecule has 1 aromatic carbocycles. The molecule has 0 amide bonds. The molecule has 1 aliphatic heterocycles. The van der Waals surface area contributed by atoms with Crippen molar-refractivity contribution in [2.75, 3.05) is 6.54 Å². The van der Waals surface area contributed by atoms with Crippen molar-refractivity contribution in [2.24, 2.45) is 4.99 Å². The average molecular weight is 365 g/mol. The van der Waals surface area contributed by atoms with E-state index in [0.717, 1.165) is 60.7 Å². The number of aromatic amines is 1. The smallest absolute Gasteiger partial charge is 0.158 e. The van der Waals surface area contributed by atoms with E-state index < -0.39 is 0 Å². The van der Waals surface area contributed by atoms with Gasteiger partial charge in [0.25, 0.3) is 0 Å². The second-order valence-electron chi connectivity index (χ2n) is 7.28. The zero-order valence-corrected chi connectivity index (χ0v) is 17.1. The molecule has 1 aromatic heterocycles. The van der Waals surface area contributed by atoms with E-state index in [1.807, 2.05) is 0 Å². The van der Waals surface area contributed by atoms with Gasteiger partial charge in [0.1, 0.15) is 5.84 Å². The van der Waals surface area contributed by atoms with Crippen LogP contribution in [0.25, 0.3) is 16.5 Å². The third-order valence-corrected chi connectivity index (χ3v) is 4.98. The number of benzene rings is 1. The highest BCUT2D eigenvalue weighted by molar-refractivity contribution is 5.91. The van der Waals surface area contributed by atoms with Gasteiger partial charge in [-0.3, -0.25) is 10.4 Å². The van der Waals surface area contributed by atoms with Crippen molar-refractivity contribution < 1.29 is 0 Å². The molecule has 0 saturated carbocycles. The summed E-state index contributed by atoms with van der Waals surface area (Å²) in [5.74, 6) is 2.11. The van der Waals surface area contributed by atoms with Crippen molar-refractivity contribution in [3.05, 3.63) is 53.5 Å². The number of hydrogen-bond donors (Lipinski definition) is 2. The first-order chi connectivity index (χ1) is 13.2. The van der Waals surface area contributed by atoms with Crippen LogP contribution in [0.5, 0.6) is 0 Å². The van der Waals surface area contributed by atoms with Gasteiger partial charge in [-0.1, -0.05) is 57.0 Å². The van der Waals surface area contributed by atoms with Crippen LogP contribution >= 0.6 is 0 Å². The number of para-hydroxylation sites is 1. The van der Waals surface area contributed by atoms with Gasteiger partial charge < -0.3 is 4.98 Å². The van der Waals surface area contributed by atoms with Crippen molar-refractivity contribution in [2.45, 2.75) is 59.8 Å². The monoisotopic (exact) mass is 364 g/mol. The van der Waals surface area contributed by atoms with Gasteiger partial charge in [-0.2, -0.15) is 0 Å². The quantitative estimate of drug-likeness (QED) is 0.602. The summed E-state index contributed by atoms with van der Waals surface area (Å²) in [5, 5.41) is 3.45. The van der Waals surface area contributed by atoms with E-state index in [4.69, 9.17) is 4.99 Å². The summed E-state index contributed by atoms with van der Waals surface area (Å²) in [6.07, 6.45) is 7.73. The molecule has 0 fully saturated rings. The Bertz CT molecular complexity index is 836. The molecule has 0 unspecified atom stereocenters. The number of nitrogens with zero attached hydrogens (tertiary/aromatic N) is 2. The van der Waals surface area contributed by atoms with Gasteiger partial charge in [0.05, 0.1) is 5.69 Å². The summed E-state index contributed by atoms with van der Waals surface area (Å²) in [6.45, 7) is 9.76. The molecule has 2 N–H and O–H groups in total. The minimum absolute atomic E-state index is 0.942. The number of H-pyrrole nitrogens is 1. The zero-order valence-electron chi connectivity index (χ0n) is 17.1. The first-order valence-corrected chi connectivity index (χ1v) is 10.3. The summed E-state index contributed by atoms with van der Waals surface area (Å²) < 4.78 is 0. The molecule has 4 heteroatoms. The SMILES string of the molecule is CCCCC1=N/C(=C(/C=C(\C)CC)c2cc3ccccc3[nH]2)N(CCC)N1. The summed E-state index contributed by atoms with van der Waals surface area (Å²) >= 11 is 0. The summed E-state index contributed by atoms with van der Waals surface area (Å²) in [4.78, 5) is 8.60. The fraction of sp³-hybridized carbons (Fsp3) is 0.435. The highest BCUT2D eigenvalue weighted by Crippen LogP contribution is 2.29. The highest BCUT2D eigenvalue weighted by atomic mass is 15.6. The maximum atomic E-state index is 5.01. The Morgan fingerprint density at radius 3 is 2.67 bits per heavy atom. The number of fused-ring (bicyclic) bond motifs is 1. The third-order valence-electron chi connectivity index (χ3n) is 4.98. The summed E-state index contributed by atoms with van der Waals surface area (Å²) in [7, 11) is 0. The maximum absolute atomic E-state index is 5.01. The Labute approximate surface area is 163 Å². The van der Waals surface area contributed by atoms with Crippen LogP contribution in [0.2, 0.25) is 0 Å². The van der Waals surface area contributed by atoms with Crippen molar-refractivity contribution in [1.29, 1.82) is 0 Å². The van der Waals surface area contributed by atoms with Crippen LogP contribution in [0.15, 0.2) is 52.8 Å². The van der Waals surface area contributed by atoms with Gasteiger partial charge in [0, 0.05) is 29.4 Å². The number of hydrogen-bond acceptors (Lipinski definition) is 3. The molecule has 144 valence electrons. The van der Waals surface area contributed by atoms with E-state index in [0.29, 0.717) is 0 Å². The number of aliphatic imine (C=N–C) groups is 1. The number of hydrazine groups is 1. The molecule has 0 atom stereocenters. The predicted octanol–water partition coefficient (Wildman–Crippen LogP) is 6.01. The lowest BCUT2D eigenvalue weighted by Gasteiger charge is -2.21. The Kier molecular flexibility index (Phi) is 6.38. The first kappa shape index (κ1) is 19.3. The van der Waals surface area contributed by atoms with Gasteiger partial charge in [-0.25, -0.2) is 4.99 Å². The van der Waals surface area contributed by atoms with Gasteiger partial charge in [-0.15, -0.1) is 0 Å². The molecule has 0 radical (unpaired) electrons. The molecule has 2 aromatic rings. The zero-order chi connectivity index (χ0) is 19.2. The van der Waals surface area contributed by atoms with Crippen molar-refractivity contribution in [3.63, 3.8) is 0 Å². The fourth-order valence-electron chi connectivity index (χ4n) is 3.30. The second-order valence-corrected chi connectivity index (χ2v) is 7.28. The normalized spacial score (nSPS) is 16.7. The number of amidine groups is 1. The molecular formula is C23H32N4. The molecule has 3 rings (SSSR count). The Morgan fingerprint density at radius 1 is 1.15 bits per heavy atom.